The van der Waals surface area contributed by atoms with Crippen molar-refractivity contribution in [2.45, 2.75) is 9.96 Å². The Morgan fingerprint density at radius 2 is 1.69 bits per heavy atom. The monoisotopic (exact) mass is 605 g/mol. The van der Waals surface area contributed by atoms with E-state index >= 15 is 0 Å². The van der Waals surface area contributed by atoms with Gasteiger partial charge in [-0.3, -0.25) is 4.79 Å². The normalized spacial score (nSPS) is 12.2. The van der Waals surface area contributed by atoms with Gasteiger partial charge < -0.3 is 16.0 Å². The average molecular weight is 608 g/mol. The van der Waals surface area contributed by atoms with Crippen molar-refractivity contribution in [3.05, 3.63) is 62.1 Å². The summed E-state index contributed by atoms with van der Waals surface area (Å²) in [6, 6.07) is 14.4. The van der Waals surface area contributed by atoms with E-state index in [9.17, 15) is 4.79 Å². The number of carbonyl (C=O) groups excluding carboxylic acids is 1. The van der Waals surface area contributed by atoms with E-state index in [1.54, 1.807) is 12.1 Å². The number of amides is 1. The third-order valence-electron chi connectivity index (χ3n) is 3.11. The first-order valence-corrected chi connectivity index (χ1v) is 10.5. The summed E-state index contributed by atoms with van der Waals surface area (Å²) in [6.07, 6.45) is -1.04. The number of carbonyl (C=O) groups is 1. The van der Waals surface area contributed by atoms with Crippen molar-refractivity contribution < 1.29 is 4.79 Å². The first kappa shape index (κ1) is 22.0. The van der Waals surface area contributed by atoms with Gasteiger partial charge in [-0.25, -0.2) is 0 Å². The summed E-state index contributed by atoms with van der Waals surface area (Å²) < 4.78 is 0.00458. The van der Waals surface area contributed by atoms with Crippen LogP contribution in [0.15, 0.2) is 53.0 Å². The van der Waals surface area contributed by atoms with Crippen molar-refractivity contribution in [2.75, 3.05) is 5.32 Å². The molecule has 0 saturated heterocycles. The molecular weight excluding hydrogens is 595 g/mol. The van der Waals surface area contributed by atoms with Gasteiger partial charge >= 0.3 is 0 Å². The fraction of sp³-hybridized carbons (Fsp3) is 0.125. The lowest BCUT2D eigenvalue weighted by molar-refractivity contribution is 0.0934. The van der Waals surface area contributed by atoms with E-state index in [0.29, 0.717) is 5.56 Å². The van der Waals surface area contributed by atoms with Crippen LogP contribution in [0.25, 0.3) is 0 Å². The van der Waals surface area contributed by atoms with Crippen LogP contribution in [-0.4, -0.2) is 21.0 Å². The number of para-hydroxylation sites is 1. The molecular formula is C16H12BrCl3IN3OS. The first-order chi connectivity index (χ1) is 12.2. The number of anilines is 1. The molecule has 0 heterocycles. The van der Waals surface area contributed by atoms with Gasteiger partial charge in [-0.1, -0.05) is 46.9 Å². The van der Waals surface area contributed by atoms with Crippen molar-refractivity contribution in [2.24, 2.45) is 0 Å². The number of hydrogen-bond acceptors (Lipinski definition) is 2. The summed E-state index contributed by atoms with van der Waals surface area (Å²) >= 11 is 28.8. The number of halogens is 5. The highest BCUT2D eigenvalue weighted by Gasteiger charge is 2.34. The van der Waals surface area contributed by atoms with Crippen LogP contribution in [-0.2, 0) is 0 Å². The van der Waals surface area contributed by atoms with Crippen molar-refractivity contribution in [1.29, 1.82) is 0 Å². The molecule has 2 aromatic carbocycles. The Morgan fingerprint density at radius 3 is 2.27 bits per heavy atom. The minimum Gasteiger partial charge on any atom is -0.339 e. The highest BCUT2D eigenvalue weighted by molar-refractivity contribution is 14.1. The van der Waals surface area contributed by atoms with E-state index in [1.807, 2.05) is 36.4 Å². The second kappa shape index (κ2) is 9.75. The molecule has 2 aromatic rings. The lowest BCUT2D eigenvalue weighted by atomic mass is 10.2. The molecule has 1 atom stereocenters. The molecule has 4 nitrogen and oxygen atoms in total. The van der Waals surface area contributed by atoms with Crippen molar-refractivity contribution in [3.63, 3.8) is 0 Å². The van der Waals surface area contributed by atoms with E-state index in [2.05, 4.69) is 54.5 Å². The van der Waals surface area contributed by atoms with Gasteiger partial charge in [0.05, 0.1) is 5.69 Å². The Kier molecular flexibility index (Phi) is 8.24. The van der Waals surface area contributed by atoms with Crippen molar-refractivity contribution >= 4 is 102 Å². The number of hydrogen-bond donors (Lipinski definition) is 3. The van der Waals surface area contributed by atoms with E-state index in [0.717, 1.165) is 13.7 Å². The molecule has 0 spiro atoms. The maximum absolute atomic E-state index is 12.4. The van der Waals surface area contributed by atoms with Gasteiger partial charge in [-0.05, 0) is 87.1 Å². The number of thiocarbonyl (C=S) groups is 1. The van der Waals surface area contributed by atoms with Gasteiger partial charge in [0.2, 0.25) is 3.79 Å². The topological polar surface area (TPSA) is 53.2 Å². The smallest absolute Gasteiger partial charge is 0.252 e. The van der Waals surface area contributed by atoms with E-state index in [1.165, 1.54) is 0 Å². The lowest BCUT2D eigenvalue weighted by Gasteiger charge is -2.28. The molecule has 26 heavy (non-hydrogen) atoms. The number of benzene rings is 2. The van der Waals surface area contributed by atoms with Crippen LogP contribution >= 0.6 is 85.5 Å². The van der Waals surface area contributed by atoms with E-state index < -0.39 is 15.9 Å². The number of rotatable bonds is 4. The van der Waals surface area contributed by atoms with E-state index in [-0.39, 0.29) is 5.11 Å². The predicted octanol–water partition coefficient (Wildman–Crippen LogP) is 5.47. The molecule has 0 fully saturated rings. The van der Waals surface area contributed by atoms with Crippen LogP contribution < -0.4 is 16.0 Å². The second-order valence-electron chi connectivity index (χ2n) is 5.03. The number of nitrogens with one attached hydrogen (secondary N) is 3. The van der Waals surface area contributed by atoms with E-state index in [4.69, 9.17) is 47.0 Å². The molecule has 0 bridgehead atoms. The molecule has 0 aromatic heterocycles. The standard InChI is InChI=1S/C16H12BrCl3IN3OS/c17-11-3-1-2-4-12(11)22-15(26)24-14(16(18,19)20)23-13(25)9-5-7-10(21)8-6-9/h1-8,14H,(H,23,25)(H2,22,24,26). The van der Waals surface area contributed by atoms with Crippen LogP contribution in [0, 0.1) is 3.57 Å². The number of alkyl halides is 3. The third kappa shape index (κ3) is 6.69. The Hall–Kier alpha value is -0.320. The molecule has 1 amide bonds. The van der Waals surface area contributed by atoms with Gasteiger partial charge in [-0.15, -0.1) is 0 Å². The zero-order valence-electron chi connectivity index (χ0n) is 12.9. The third-order valence-corrected chi connectivity index (χ3v) is 5.39. The van der Waals surface area contributed by atoms with Gasteiger partial charge in [0.25, 0.3) is 5.91 Å². The van der Waals surface area contributed by atoms with Crippen LogP contribution in [0.5, 0.6) is 0 Å². The molecule has 3 N–H and O–H groups in total. The average Bonchev–Trinajstić information content (AvgIpc) is 2.56. The zero-order chi connectivity index (χ0) is 19.3. The predicted molar refractivity (Wildman–Crippen MR) is 124 cm³/mol. The van der Waals surface area contributed by atoms with Gasteiger partial charge in [0.15, 0.2) is 5.11 Å². The van der Waals surface area contributed by atoms with Crippen molar-refractivity contribution in [3.8, 4) is 0 Å². The summed E-state index contributed by atoms with van der Waals surface area (Å²) in [7, 11) is 0. The largest absolute Gasteiger partial charge is 0.339 e. The molecule has 2 rings (SSSR count). The highest BCUT2D eigenvalue weighted by atomic mass is 127. The quantitative estimate of drug-likeness (QED) is 0.187. The molecule has 0 aliphatic heterocycles. The first-order valence-electron chi connectivity index (χ1n) is 7.12. The molecule has 0 aliphatic carbocycles. The zero-order valence-corrected chi connectivity index (χ0v) is 19.7. The fourth-order valence-electron chi connectivity index (χ4n) is 1.87. The maximum atomic E-state index is 12.4. The lowest BCUT2D eigenvalue weighted by Crippen LogP contribution is -2.56. The molecule has 0 radical (unpaired) electrons. The van der Waals surface area contributed by atoms with Gasteiger partial charge in [0.1, 0.15) is 6.17 Å². The summed E-state index contributed by atoms with van der Waals surface area (Å²) in [4.78, 5) is 12.4. The van der Waals surface area contributed by atoms with Crippen molar-refractivity contribution in [1.82, 2.24) is 10.6 Å². The second-order valence-corrected chi connectivity index (χ2v) is 9.91. The summed E-state index contributed by atoms with van der Waals surface area (Å²) in [5, 5.41) is 8.62. The summed E-state index contributed by atoms with van der Waals surface area (Å²) in [5.74, 6) is -0.395. The Bertz CT molecular complexity index is 802. The van der Waals surface area contributed by atoms with Crippen LogP contribution in [0.4, 0.5) is 5.69 Å². The molecule has 10 heteroatoms. The van der Waals surface area contributed by atoms with Gasteiger partial charge in [0, 0.05) is 13.6 Å². The Balaban J connectivity index is 2.07. The summed E-state index contributed by atoms with van der Waals surface area (Å²) in [6.45, 7) is 0. The molecule has 0 saturated carbocycles. The molecule has 0 aliphatic rings. The van der Waals surface area contributed by atoms with Crippen LogP contribution in [0.2, 0.25) is 0 Å². The highest BCUT2D eigenvalue weighted by Crippen LogP contribution is 2.29. The minimum atomic E-state index is -1.82. The minimum absolute atomic E-state index is 0.191. The Morgan fingerprint density at radius 1 is 1.08 bits per heavy atom. The van der Waals surface area contributed by atoms with Gasteiger partial charge in [-0.2, -0.15) is 0 Å². The fourth-order valence-corrected chi connectivity index (χ4v) is 3.17. The maximum Gasteiger partial charge on any atom is 0.252 e. The Labute approximate surface area is 193 Å². The van der Waals surface area contributed by atoms with Crippen LogP contribution in [0.1, 0.15) is 10.4 Å². The van der Waals surface area contributed by atoms with Crippen LogP contribution in [0.3, 0.4) is 0 Å². The molecule has 138 valence electrons. The molecule has 1 unspecified atom stereocenters. The summed E-state index contributed by atoms with van der Waals surface area (Å²) in [5.41, 5.74) is 1.17. The SMILES string of the molecule is O=C(NC(NC(=S)Nc1ccccc1Br)C(Cl)(Cl)Cl)c1ccc(I)cc1.